The molecule has 0 aliphatic heterocycles. The molecule has 5 nitrogen and oxygen atoms in total. The smallest absolute Gasteiger partial charge is 0.255 e. The Hall–Kier alpha value is -2.69. The molecule has 0 atom stereocenters. The van der Waals surface area contributed by atoms with Crippen molar-refractivity contribution in [2.45, 2.75) is 13.8 Å². The fraction of sp³-hybridized carbons (Fsp3) is 0.278. The summed E-state index contributed by atoms with van der Waals surface area (Å²) >= 11 is 0. The second-order valence-electron chi connectivity index (χ2n) is 4.93. The first kappa shape index (κ1) is 16.7. The van der Waals surface area contributed by atoms with Gasteiger partial charge in [0, 0.05) is 11.6 Å². The fourth-order valence-corrected chi connectivity index (χ4v) is 2.21. The number of aryl methyl sites for hydroxylation is 1. The van der Waals surface area contributed by atoms with Gasteiger partial charge in [-0.3, -0.25) is 4.79 Å². The molecule has 0 aliphatic rings. The number of carbonyl (C=O) groups is 1. The van der Waals surface area contributed by atoms with E-state index in [9.17, 15) is 4.79 Å². The molecule has 2 aromatic carbocycles. The third-order valence-electron chi connectivity index (χ3n) is 3.39. The normalized spacial score (nSPS) is 10.1. The first-order chi connectivity index (χ1) is 11.1. The van der Waals surface area contributed by atoms with Crippen molar-refractivity contribution in [2.24, 2.45) is 0 Å². The van der Waals surface area contributed by atoms with Crippen LogP contribution in [0.4, 0.5) is 5.69 Å². The van der Waals surface area contributed by atoms with E-state index >= 15 is 0 Å². The molecule has 2 aromatic rings. The van der Waals surface area contributed by atoms with Crippen LogP contribution in [-0.2, 0) is 0 Å². The lowest BCUT2D eigenvalue weighted by atomic mass is 10.1. The zero-order chi connectivity index (χ0) is 16.8. The van der Waals surface area contributed by atoms with Gasteiger partial charge in [0.25, 0.3) is 5.91 Å². The molecule has 0 aromatic heterocycles. The van der Waals surface area contributed by atoms with Crippen molar-refractivity contribution >= 4 is 11.6 Å². The Balaban J connectivity index is 2.23. The summed E-state index contributed by atoms with van der Waals surface area (Å²) in [4.78, 5) is 12.5. The predicted octanol–water partition coefficient (Wildman–Crippen LogP) is 3.66. The third-order valence-corrected chi connectivity index (χ3v) is 3.39. The van der Waals surface area contributed by atoms with Gasteiger partial charge in [-0.1, -0.05) is 0 Å². The number of methoxy groups -OCH3 is 2. The predicted molar refractivity (Wildman–Crippen MR) is 89.8 cm³/mol. The molecule has 0 saturated carbocycles. The number of nitrogens with one attached hydrogen (secondary N) is 1. The number of hydrogen-bond donors (Lipinski definition) is 1. The summed E-state index contributed by atoms with van der Waals surface area (Å²) in [6.07, 6.45) is 0. The molecule has 0 heterocycles. The molecule has 0 saturated heterocycles. The lowest BCUT2D eigenvalue weighted by Crippen LogP contribution is -2.13. The van der Waals surface area contributed by atoms with Gasteiger partial charge in [0.15, 0.2) is 0 Å². The Labute approximate surface area is 136 Å². The van der Waals surface area contributed by atoms with Gasteiger partial charge < -0.3 is 19.5 Å². The Morgan fingerprint density at radius 1 is 1.04 bits per heavy atom. The number of carbonyl (C=O) groups excluding carboxylic acids is 1. The second kappa shape index (κ2) is 7.54. The minimum Gasteiger partial charge on any atom is -0.497 e. The highest BCUT2D eigenvalue weighted by molar-refractivity contribution is 6.05. The Kier molecular flexibility index (Phi) is 5.46. The van der Waals surface area contributed by atoms with Crippen molar-refractivity contribution in [1.29, 1.82) is 0 Å². The summed E-state index contributed by atoms with van der Waals surface area (Å²) in [5.74, 6) is 1.77. The van der Waals surface area contributed by atoms with Gasteiger partial charge in [-0.25, -0.2) is 0 Å². The highest BCUT2D eigenvalue weighted by Gasteiger charge is 2.12. The zero-order valence-electron chi connectivity index (χ0n) is 13.8. The zero-order valence-corrected chi connectivity index (χ0v) is 13.8. The van der Waals surface area contributed by atoms with Gasteiger partial charge in [-0.2, -0.15) is 0 Å². The molecule has 5 heteroatoms. The average molecular weight is 315 g/mol. The Morgan fingerprint density at radius 3 is 2.39 bits per heavy atom. The van der Waals surface area contributed by atoms with E-state index < -0.39 is 0 Å². The minimum atomic E-state index is -0.220. The molecule has 1 amide bonds. The van der Waals surface area contributed by atoms with Gasteiger partial charge in [-0.05, 0) is 49.7 Å². The van der Waals surface area contributed by atoms with E-state index in [2.05, 4.69) is 5.32 Å². The molecule has 0 spiro atoms. The quantitative estimate of drug-likeness (QED) is 0.884. The highest BCUT2D eigenvalue weighted by Crippen LogP contribution is 2.29. The monoisotopic (exact) mass is 315 g/mol. The topological polar surface area (TPSA) is 56.8 Å². The van der Waals surface area contributed by atoms with Crippen LogP contribution in [0.3, 0.4) is 0 Å². The molecule has 1 N–H and O–H groups in total. The maximum atomic E-state index is 12.5. The molecule has 0 bridgehead atoms. The van der Waals surface area contributed by atoms with E-state index in [4.69, 9.17) is 14.2 Å². The van der Waals surface area contributed by atoms with Crippen LogP contribution in [0.2, 0.25) is 0 Å². The average Bonchev–Trinajstić information content (AvgIpc) is 2.56. The minimum absolute atomic E-state index is 0.220. The summed E-state index contributed by atoms with van der Waals surface area (Å²) in [5, 5.41) is 2.85. The maximum Gasteiger partial charge on any atom is 0.255 e. The molecule has 0 unspecified atom stereocenters. The molecule has 0 aliphatic carbocycles. The van der Waals surface area contributed by atoms with Crippen molar-refractivity contribution in [1.82, 2.24) is 0 Å². The van der Waals surface area contributed by atoms with Crippen LogP contribution in [0.1, 0.15) is 22.8 Å². The van der Waals surface area contributed by atoms with Gasteiger partial charge in [-0.15, -0.1) is 0 Å². The van der Waals surface area contributed by atoms with Crippen LogP contribution < -0.4 is 19.5 Å². The molecule has 0 radical (unpaired) electrons. The molecule has 23 heavy (non-hydrogen) atoms. The fourth-order valence-electron chi connectivity index (χ4n) is 2.21. The van der Waals surface area contributed by atoms with E-state index in [-0.39, 0.29) is 5.91 Å². The number of hydrogen-bond acceptors (Lipinski definition) is 4. The van der Waals surface area contributed by atoms with Crippen molar-refractivity contribution < 1.29 is 19.0 Å². The van der Waals surface area contributed by atoms with E-state index in [1.807, 2.05) is 13.8 Å². The number of rotatable bonds is 6. The number of anilines is 1. The van der Waals surface area contributed by atoms with Crippen LogP contribution in [0.25, 0.3) is 0 Å². The van der Waals surface area contributed by atoms with Crippen LogP contribution >= 0.6 is 0 Å². The van der Waals surface area contributed by atoms with Gasteiger partial charge in [0.2, 0.25) is 0 Å². The first-order valence-electron chi connectivity index (χ1n) is 7.35. The number of amides is 1. The van der Waals surface area contributed by atoms with Crippen LogP contribution in [0, 0.1) is 6.92 Å². The molecule has 2 rings (SSSR count). The third kappa shape index (κ3) is 3.94. The van der Waals surface area contributed by atoms with E-state index in [0.29, 0.717) is 29.4 Å². The van der Waals surface area contributed by atoms with Gasteiger partial charge in [0.1, 0.15) is 17.2 Å². The Morgan fingerprint density at radius 2 is 1.78 bits per heavy atom. The summed E-state index contributed by atoms with van der Waals surface area (Å²) in [6, 6.07) is 10.6. The summed E-state index contributed by atoms with van der Waals surface area (Å²) in [5.41, 5.74) is 2.02. The lowest BCUT2D eigenvalue weighted by Gasteiger charge is -2.13. The number of ether oxygens (including phenoxy) is 3. The second-order valence-corrected chi connectivity index (χ2v) is 4.93. The maximum absolute atomic E-state index is 12.5. The molecule has 0 fully saturated rings. The largest absolute Gasteiger partial charge is 0.497 e. The SMILES string of the molecule is CCOc1ccc(C(=O)Nc2cc(OC)ccc2OC)cc1C. The van der Waals surface area contributed by atoms with Crippen molar-refractivity contribution in [3.8, 4) is 17.2 Å². The van der Waals surface area contributed by atoms with Crippen molar-refractivity contribution in [3.63, 3.8) is 0 Å². The number of benzene rings is 2. The van der Waals surface area contributed by atoms with E-state index in [1.165, 1.54) is 0 Å². The van der Waals surface area contributed by atoms with Crippen LogP contribution in [-0.4, -0.2) is 26.7 Å². The lowest BCUT2D eigenvalue weighted by molar-refractivity contribution is 0.102. The van der Waals surface area contributed by atoms with E-state index in [0.717, 1.165) is 11.3 Å². The summed E-state index contributed by atoms with van der Waals surface area (Å²) in [6.45, 7) is 4.43. The van der Waals surface area contributed by atoms with E-state index in [1.54, 1.807) is 50.6 Å². The van der Waals surface area contributed by atoms with Crippen LogP contribution in [0.5, 0.6) is 17.2 Å². The summed E-state index contributed by atoms with van der Waals surface area (Å²) in [7, 11) is 3.13. The Bertz CT molecular complexity index is 697. The standard InChI is InChI=1S/C18H21NO4/c1-5-23-16-8-6-13(10-12(16)2)18(20)19-15-11-14(21-3)7-9-17(15)22-4/h6-11H,5H2,1-4H3,(H,19,20). The van der Waals surface area contributed by atoms with Crippen LogP contribution in [0.15, 0.2) is 36.4 Å². The first-order valence-corrected chi connectivity index (χ1v) is 7.35. The molecule has 122 valence electrons. The molecular formula is C18H21NO4. The van der Waals surface area contributed by atoms with Crippen molar-refractivity contribution in [3.05, 3.63) is 47.5 Å². The highest BCUT2D eigenvalue weighted by atomic mass is 16.5. The van der Waals surface area contributed by atoms with Crippen molar-refractivity contribution in [2.75, 3.05) is 26.1 Å². The van der Waals surface area contributed by atoms with Gasteiger partial charge >= 0.3 is 0 Å². The molecular weight excluding hydrogens is 294 g/mol. The summed E-state index contributed by atoms with van der Waals surface area (Å²) < 4.78 is 15.9. The van der Waals surface area contributed by atoms with Gasteiger partial charge in [0.05, 0.1) is 26.5 Å².